The molecule has 0 heterocycles. The highest BCUT2D eigenvalue weighted by atomic mass is 16.5. The SMILES string of the molecule is COc1ccc(Oc2ccc(NC(=O)CCCC(=O)OCC(=O)Nc3ccc(OC)cc3OC)cc2)cc1. The Balaban J connectivity index is 1.34. The van der Waals surface area contributed by atoms with E-state index in [4.69, 9.17) is 23.7 Å². The maximum Gasteiger partial charge on any atom is 0.306 e. The van der Waals surface area contributed by atoms with Crippen LogP contribution in [-0.2, 0) is 19.1 Å². The van der Waals surface area contributed by atoms with Crippen LogP contribution in [0.2, 0.25) is 0 Å². The molecule has 0 radical (unpaired) electrons. The lowest BCUT2D eigenvalue weighted by atomic mass is 10.2. The van der Waals surface area contributed by atoms with Crippen LogP contribution in [0.5, 0.6) is 28.7 Å². The monoisotopic (exact) mass is 522 g/mol. The zero-order valence-corrected chi connectivity index (χ0v) is 21.4. The van der Waals surface area contributed by atoms with Gasteiger partial charge in [-0.2, -0.15) is 0 Å². The van der Waals surface area contributed by atoms with Crippen molar-refractivity contribution in [1.29, 1.82) is 0 Å². The summed E-state index contributed by atoms with van der Waals surface area (Å²) < 4.78 is 26.2. The van der Waals surface area contributed by atoms with Crippen molar-refractivity contribution < 1.29 is 38.1 Å². The highest BCUT2D eigenvalue weighted by Gasteiger charge is 2.12. The van der Waals surface area contributed by atoms with E-state index in [1.807, 2.05) is 0 Å². The van der Waals surface area contributed by atoms with E-state index in [-0.39, 0.29) is 25.2 Å². The summed E-state index contributed by atoms with van der Waals surface area (Å²) in [6.45, 7) is -0.453. The minimum Gasteiger partial charge on any atom is -0.497 e. The predicted octanol–water partition coefficient (Wildman–Crippen LogP) is 4.80. The van der Waals surface area contributed by atoms with Crippen molar-refractivity contribution in [3.8, 4) is 28.7 Å². The van der Waals surface area contributed by atoms with Crippen LogP contribution in [0.15, 0.2) is 66.7 Å². The first kappa shape index (κ1) is 27.9. The maximum atomic E-state index is 12.2. The van der Waals surface area contributed by atoms with Gasteiger partial charge in [0, 0.05) is 24.6 Å². The quantitative estimate of drug-likeness (QED) is 0.307. The second kappa shape index (κ2) is 14.1. The number of rotatable bonds is 13. The van der Waals surface area contributed by atoms with Crippen molar-refractivity contribution in [2.75, 3.05) is 38.6 Å². The van der Waals surface area contributed by atoms with Crippen LogP contribution < -0.4 is 29.6 Å². The molecule has 0 aliphatic heterocycles. The highest BCUT2D eigenvalue weighted by molar-refractivity contribution is 5.94. The Hall–Kier alpha value is -4.73. The molecule has 0 fully saturated rings. The van der Waals surface area contributed by atoms with E-state index in [1.54, 1.807) is 73.8 Å². The van der Waals surface area contributed by atoms with Crippen molar-refractivity contribution in [1.82, 2.24) is 0 Å². The molecule has 3 rings (SSSR count). The van der Waals surface area contributed by atoms with Crippen LogP contribution >= 0.6 is 0 Å². The molecule has 0 unspecified atom stereocenters. The van der Waals surface area contributed by atoms with E-state index < -0.39 is 18.5 Å². The summed E-state index contributed by atoms with van der Waals surface area (Å²) in [7, 11) is 4.58. The van der Waals surface area contributed by atoms with E-state index in [0.29, 0.717) is 34.4 Å². The van der Waals surface area contributed by atoms with Crippen molar-refractivity contribution in [2.45, 2.75) is 19.3 Å². The normalized spacial score (nSPS) is 10.2. The molecule has 38 heavy (non-hydrogen) atoms. The fourth-order valence-corrected chi connectivity index (χ4v) is 3.31. The molecule has 0 atom stereocenters. The molecule has 10 nitrogen and oxygen atoms in total. The summed E-state index contributed by atoms with van der Waals surface area (Å²) in [5.74, 6) is 1.66. The summed E-state index contributed by atoms with van der Waals surface area (Å²) in [5.41, 5.74) is 1.02. The summed E-state index contributed by atoms with van der Waals surface area (Å²) in [6, 6.07) is 19.0. The second-order valence-corrected chi connectivity index (χ2v) is 7.98. The molecule has 0 saturated carbocycles. The Labute approximate surface area is 220 Å². The van der Waals surface area contributed by atoms with Gasteiger partial charge in [-0.3, -0.25) is 14.4 Å². The predicted molar refractivity (Wildman–Crippen MR) is 141 cm³/mol. The third-order valence-corrected chi connectivity index (χ3v) is 5.26. The smallest absolute Gasteiger partial charge is 0.306 e. The average molecular weight is 523 g/mol. The van der Waals surface area contributed by atoms with Crippen LogP contribution in [0.3, 0.4) is 0 Å². The van der Waals surface area contributed by atoms with Crippen molar-refractivity contribution in [3.63, 3.8) is 0 Å². The minimum absolute atomic E-state index is 0.00119. The Bertz CT molecular complexity index is 1230. The number of anilines is 2. The third-order valence-electron chi connectivity index (χ3n) is 5.26. The number of carbonyl (C=O) groups is 3. The van der Waals surface area contributed by atoms with Gasteiger partial charge in [0.05, 0.1) is 27.0 Å². The largest absolute Gasteiger partial charge is 0.497 e. The number of ether oxygens (including phenoxy) is 5. The van der Waals surface area contributed by atoms with Gasteiger partial charge in [-0.25, -0.2) is 0 Å². The van der Waals surface area contributed by atoms with Gasteiger partial charge in [0.25, 0.3) is 5.91 Å². The first-order chi connectivity index (χ1) is 18.4. The van der Waals surface area contributed by atoms with Crippen LogP contribution in [0, 0.1) is 0 Å². The zero-order chi connectivity index (χ0) is 27.3. The van der Waals surface area contributed by atoms with Gasteiger partial charge in [0.2, 0.25) is 5.91 Å². The Morgan fingerprint density at radius 1 is 0.658 bits per heavy atom. The molecule has 10 heteroatoms. The molecule has 2 N–H and O–H groups in total. The maximum absolute atomic E-state index is 12.2. The Kier molecular flexibility index (Phi) is 10.3. The van der Waals surface area contributed by atoms with Gasteiger partial charge in [0.1, 0.15) is 28.7 Å². The number of nitrogens with one attached hydrogen (secondary N) is 2. The van der Waals surface area contributed by atoms with Crippen LogP contribution in [0.1, 0.15) is 19.3 Å². The lowest BCUT2D eigenvalue weighted by Gasteiger charge is -2.12. The molecule has 0 aromatic heterocycles. The number of carbonyl (C=O) groups excluding carboxylic acids is 3. The van der Waals surface area contributed by atoms with Crippen molar-refractivity contribution in [2.24, 2.45) is 0 Å². The fraction of sp³-hybridized carbons (Fsp3) is 0.250. The van der Waals surface area contributed by atoms with Crippen LogP contribution in [0.25, 0.3) is 0 Å². The van der Waals surface area contributed by atoms with Gasteiger partial charge in [-0.1, -0.05) is 0 Å². The van der Waals surface area contributed by atoms with Crippen molar-refractivity contribution in [3.05, 3.63) is 66.7 Å². The molecular formula is C28H30N2O8. The molecular weight excluding hydrogens is 492 g/mol. The van der Waals surface area contributed by atoms with Gasteiger partial charge in [-0.15, -0.1) is 0 Å². The summed E-state index contributed by atoms with van der Waals surface area (Å²) in [4.78, 5) is 36.3. The topological polar surface area (TPSA) is 121 Å². The molecule has 3 aromatic rings. The molecule has 2 amide bonds. The minimum atomic E-state index is -0.574. The number of esters is 1. The van der Waals surface area contributed by atoms with Gasteiger partial charge >= 0.3 is 5.97 Å². The van der Waals surface area contributed by atoms with E-state index >= 15 is 0 Å². The number of hydrogen-bond acceptors (Lipinski definition) is 8. The Morgan fingerprint density at radius 3 is 1.89 bits per heavy atom. The average Bonchev–Trinajstić information content (AvgIpc) is 2.93. The third kappa shape index (κ3) is 8.74. The van der Waals surface area contributed by atoms with Crippen molar-refractivity contribution >= 4 is 29.2 Å². The van der Waals surface area contributed by atoms with Crippen LogP contribution in [0.4, 0.5) is 11.4 Å². The van der Waals surface area contributed by atoms with E-state index in [2.05, 4.69) is 10.6 Å². The number of amides is 2. The summed E-state index contributed by atoms with van der Waals surface area (Å²) in [5, 5.41) is 5.39. The lowest BCUT2D eigenvalue weighted by Crippen LogP contribution is -2.21. The number of benzene rings is 3. The first-order valence-corrected chi connectivity index (χ1v) is 11.8. The Morgan fingerprint density at radius 2 is 1.26 bits per heavy atom. The molecule has 0 aliphatic rings. The lowest BCUT2D eigenvalue weighted by molar-refractivity contribution is -0.147. The highest BCUT2D eigenvalue weighted by Crippen LogP contribution is 2.29. The van der Waals surface area contributed by atoms with E-state index in [9.17, 15) is 14.4 Å². The molecule has 0 spiro atoms. The molecule has 200 valence electrons. The van der Waals surface area contributed by atoms with Gasteiger partial charge in [-0.05, 0) is 67.1 Å². The molecule has 3 aromatic carbocycles. The summed E-state index contributed by atoms with van der Waals surface area (Å²) >= 11 is 0. The number of hydrogen-bond donors (Lipinski definition) is 2. The summed E-state index contributed by atoms with van der Waals surface area (Å²) in [6.07, 6.45) is 0.396. The number of methoxy groups -OCH3 is 3. The van der Waals surface area contributed by atoms with E-state index in [1.165, 1.54) is 14.2 Å². The second-order valence-electron chi connectivity index (χ2n) is 7.98. The molecule has 0 saturated heterocycles. The van der Waals surface area contributed by atoms with Crippen LogP contribution in [-0.4, -0.2) is 45.7 Å². The standard InChI is InChI=1S/C28H30N2O8/c1-34-20-11-13-22(14-12-20)38-21-9-7-19(8-10-21)29-26(31)5-4-6-28(33)37-18-27(32)30-24-16-15-23(35-2)17-25(24)36-3/h7-17H,4-6,18H2,1-3H3,(H,29,31)(H,30,32). The molecule has 0 aliphatic carbocycles. The van der Waals surface area contributed by atoms with Gasteiger partial charge < -0.3 is 34.3 Å². The molecule has 0 bridgehead atoms. The van der Waals surface area contributed by atoms with Gasteiger partial charge in [0.15, 0.2) is 6.61 Å². The first-order valence-electron chi connectivity index (χ1n) is 11.8. The zero-order valence-electron chi connectivity index (χ0n) is 21.4. The van der Waals surface area contributed by atoms with E-state index in [0.717, 1.165) is 5.75 Å². The fourth-order valence-electron chi connectivity index (χ4n) is 3.31.